The molecule has 2 heteroatoms. The Morgan fingerprint density at radius 3 is 2.22 bits per heavy atom. The first-order chi connectivity index (χ1) is 14.7. The Bertz CT molecular complexity index is 866. The molecule has 0 amide bonds. The van der Waals surface area contributed by atoms with Crippen molar-refractivity contribution in [2.75, 3.05) is 0 Å². The van der Waals surface area contributed by atoms with Gasteiger partial charge in [-0.25, -0.2) is 0 Å². The standard InChI is InChI=1S/C30H48O2/c1-18(2)19-11-14-27(5)20(19)12-16-29(7)22(27)9-10-23-28(6)15-13-24(32)26(3,4)25(28)21(31)17-30(23,29)8/h12,16,18,21-25,31-32H,9-11,13-15,17H2,1-8H3. The zero-order valence-corrected chi connectivity index (χ0v) is 22.0. The number of hydrogen-bond acceptors (Lipinski definition) is 2. The Hall–Kier alpha value is -0.600. The van der Waals surface area contributed by atoms with Gasteiger partial charge in [0.05, 0.1) is 12.2 Å². The third-order valence-corrected chi connectivity index (χ3v) is 12.5. The van der Waals surface area contributed by atoms with Crippen molar-refractivity contribution in [2.45, 2.75) is 113 Å². The molecule has 0 aliphatic heterocycles. The molecule has 3 saturated carbocycles. The van der Waals surface area contributed by atoms with Crippen molar-refractivity contribution < 1.29 is 10.2 Å². The van der Waals surface area contributed by atoms with Crippen LogP contribution in [0.5, 0.6) is 0 Å². The highest BCUT2D eigenvalue weighted by Gasteiger charge is 2.70. The number of allylic oxidation sites excluding steroid dienone is 4. The van der Waals surface area contributed by atoms with Gasteiger partial charge in [0.15, 0.2) is 0 Å². The van der Waals surface area contributed by atoms with Gasteiger partial charge in [-0.3, -0.25) is 0 Å². The average Bonchev–Trinajstić information content (AvgIpc) is 3.03. The van der Waals surface area contributed by atoms with Crippen LogP contribution in [-0.4, -0.2) is 22.4 Å². The van der Waals surface area contributed by atoms with Crippen LogP contribution in [0.25, 0.3) is 0 Å². The van der Waals surface area contributed by atoms with Crippen molar-refractivity contribution in [3.05, 3.63) is 23.3 Å². The van der Waals surface area contributed by atoms with Gasteiger partial charge < -0.3 is 10.2 Å². The van der Waals surface area contributed by atoms with Crippen LogP contribution in [-0.2, 0) is 0 Å². The summed E-state index contributed by atoms with van der Waals surface area (Å²) in [6.45, 7) is 19.3. The summed E-state index contributed by atoms with van der Waals surface area (Å²) in [5.74, 6) is 2.07. The van der Waals surface area contributed by atoms with Crippen molar-refractivity contribution in [1.29, 1.82) is 0 Å². The van der Waals surface area contributed by atoms with Crippen molar-refractivity contribution in [3.63, 3.8) is 0 Å². The van der Waals surface area contributed by atoms with Gasteiger partial charge in [0.2, 0.25) is 0 Å². The van der Waals surface area contributed by atoms with E-state index in [1.54, 1.807) is 11.1 Å². The quantitative estimate of drug-likeness (QED) is 0.465. The molecule has 0 aromatic rings. The summed E-state index contributed by atoms with van der Waals surface area (Å²) < 4.78 is 0. The highest BCUT2D eigenvalue weighted by molar-refractivity contribution is 5.44. The van der Waals surface area contributed by atoms with Gasteiger partial charge in [-0.05, 0) is 101 Å². The Morgan fingerprint density at radius 2 is 1.56 bits per heavy atom. The molecule has 3 fully saturated rings. The predicted molar refractivity (Wildman–Crippen MR) is 132 cm³/mol. The van der Waals surface area contributed by atoms with Crippen LogP contribution in [0.15, 0.2) is 23.3 Å². The fourth-order valence-electron chi connectivity index (χ4n) is 10.9. The topological polar surface area (TPSA) is 40.5 Å². The summed E-state index contributed by atoms with van der Waals surface area (Å²) in [6.07, 6.45) is 12.4. The molecule has 0 aromatic heterocycles. The molecule has 2 nitrogen and oxygen atoms in total. The van der Waals surface area contributed by atoms with Gasteiger partial charge in [0.1, 0.15) is 0 Å². The third kappa shape index (κ3) is 2.55. The summed E-state index contributed by atoms with van der Waals surface area (Å²) in [7, 11) is 0. The van der Waals surface area contributed by atoms with Crippen LogP contribution in [0.3, 0.4) is 0 Å². The van der Waals surface area contributed by atoms with Crippen molar-refractivity contribution in [3.8, 4) is 0 Å². The van der Waals surface area contributed by atoms with Crippen LogP contribution in [0.2, 0.25) is 0 Å². The van der Waals surface area contributed by atoms with E-state index >= 15 is 0 Å². The van der Waals surface area contributed by atoms with Crippen molar-refractivity contribution in [2.24, 2.45) is 50.7 Å². The van der Waals surface area contributed by atoms with Crippen molar-refractivity contribution >= 4 is 0 Å². The summed E-state index contributed by atoms with van der Waals surface area (Å²) in [5, 5.41) is 22.6. The van der Waals surface area contributed by atoms with E-state index in [1.807, 2.05) is 0 Å². The molecular weight excluding hydrogens is 392 g/mol. The minimum atomic E-state index is -0.338. The zero-order chi connectivity index (χ0) is 23.5. The minimum absolute atomic E-state index is 0.0879. The van der Waals surface area contributed by atoms with E-state index in [0.29, 0.717) is 17.8 Å². The highest BCUT2D eigenvalue weighted by atomic mass is 16.3. The average molecular weight is 441 g/mol. The minimum Gasteiger partial charge on any atom is -0.393 e. The van der Waals surface area contributed by atoms with Gasteiger partial charge in [-0.15, -0.1) is 0 Å². The molecule has 0 radical (unpaired) electrons. The second-order valence-corrected chi connectivity index (χ2v) is 14.4. The third-order valence-electron chi connectivity index (χ3n) is 12.5. The van der Waals surface area contributed by atoms with Crippen molar-refractivity contribution in [1.82, 2.24) is 0 Å². The lowest BCUT2D eigenvalue weighted by Crippen LogP contribution is -2.69. The van der Waals surface area contributed by atoms with Crippen LogP contribution in [0, 0.1) is 50.7 Å². The Kier molecular flexibility index (Phi) is 4.88. The molecule has 0 spiro atoms. The van der Waals surface area contributed by atoms with E-state index in [9.17, 15) is 10.2 Å². The monoisotopic (exact) mass is 440 g/mol. The fraction of sp³-hybridized carbons (Fsp3) is 0.867. The van der Waals surface area contributed by atoms with Crippen LogP contribution >= 0.6 is 0 Å². The molecule has 180 valence electrons. The summed E-state index contributed by atoms with van der Waals surface area (Å²) in [4.78, 5) is 0. The highest BCUT2D eigenvalue weighted by Crippen LogP contribution is 2.76. The molecule has 0 bridgehead atoms. The normalized spacial score (nSPS) is 54.2. The number of rotatable bonds is 1. The lowest BCUT2D eigenvalue weighted by atomic mass is 9.32. The van der Waals surface area contributed by atoms with E-state index < -0.39 is 0 Å². The lowest BCUT2D eigenvalue weighted by molar-refractivity contribution is -0.256. The van der Waals surface area contributed by atoms with E-state index in [4.69, 9.17) is 0 Å². The largest absolute Gasteiger partial charge is 0.393 e. The van der Waals surface area contributed by atoms with Crippen LogP contribution < -0.4 is 0 Å². The maximum absolute atomic E-state index is 11.8. The van der Waals surface area contributed by atoms with Gasteiger partial charge in [0.25, 0.3) is 0 Å². The number of hydrogen-bond donors (Lipinski definition) is 2. The zero-order valence-electron chi connectivity index (χ0n) is 22.0. The van der Waals surface area contributed by atoms with E-state index in [1.165, 1.54) is 25.7 Å². The Balaban J connectivity index is 1.62. The summed E-state index contributed by atoms with van der Waals surface area (Å²) >= 11 is 0. The SMILES string of the molecule is CC(C)C1=C2C=CC3(C)C(CCC4C5(C)CCC(O)C(C)(C)C5C(O)CC43C)C2(C)CC1. The summed E-state index contributed by atoms with van der Waals surface area (Å²) in [5.41, 5.74) is 3.68. The molecule has 9 atom stereocenters. The van der Waals surface area contributed by atoms with Gasteiger partial charge in [-0.2, -0.15) is 0 Å². The molecule has 0 aromatic carbocycles. The number of fused-ring (bicyclic) bond motifs is 7. The molecule has 5 aliphatic carbocycles. The summed E-state index contributed by atoms with van der Waals surface area (Å²) in [6, 6.07) is 0. The molecule has 0 heterocycles. The first-order valence-corrected chi connectivity index (χ1v) is 13.5. The molecule has 0 saturated heterocycles. The smallest absolute Gasteiger partial charge is 0.0595 e. The first kappa shape index (κ1) is 23.2. The molecule has 2 N–H and O–H groups in total. The fourth-order valence-corrected chi connectivity index (χ4v) is 10.9. The van der Waals surface area contributed by atoms with Gasteiger partial charge in [0, 0.05) is 0 Å². The Labute approximate surface area is 197 Å². The van der Waals surface area contributed by atoms with Gasteiger partial charge >= 0.3 is 0 Å². The van der Waals surface area contributed by atoms with E-state index in [2.05, 4.69) is 67.5 Å². The second-order valence-electron chi connectivity index (χ2n) is 14.4. The molecular formula is C30H48O2. The number of aliphatic hydroxyl groups is 2. The maximum atomic E-state index is 11.8. The molecule has 32 heavy (non-hydrogen) atoms. The predicted octanol–water partition coefficient (Wildman–Crippen LogP) is 6.92. The molecule has 5 rings (SSSR count). The molecule has 5 aliphatic rings. The van der Waals surface area contributed by atoms with Crippen LogP contribution in [0.1, 0.15) is 100 Å². The van der Waals surface area contributed by atoms with Gasteiger partial charge in [-0.1, -0.05) is 73.1 Å². The lowest BCUT2D eigenvalue weighted by Gasteiger charge is -2.72. The number of aliphatic hydroxyl groups excluding tert-OH is 2. The van der Waals surface area contributed by atoms with E-state index in [0.717, 1.165) is 19.3 Å². The second kappa shape index (κ2) is 6.75. The Morgan fingerprint density at radius 1 is 0.906 bits per heavy atom. The maximum Gasteiger partial charge on any atom is 0.0595 e. The van der Waals surface area contributed by atoms with E-state index in [-0.39, 0.29) is 45.2 Å². The molecule has 9 unspecified atom stereocenters. The first-order valence-electron chi connectivity index (χ1n) is 13.5. The van der Waals surface area contributed by atoms with Crippen LogP contribution in [0.4, 0.5) is 0 Å².